The molecule has 2 atom stereocenters. The third kappa shape index (κ3) is 7.76. The van der Waals surface area contributed by atoms with E-state index in [-0.39, 0.29) is 0 Å². The van der Waals surface area contributed by atoms with E-state index in [1.165, 1.54) is 0 Å². The van der Waals surface area contributed by atoms with Crippen LogP contribution in [0, 0.1) is 0 Å². The summed E-state index contributed by atoms with van der Waals surface area (Å²) in [4.78, 5) is 0. The summed E-state index contributed by atoms with van der Waals surface area (Å²) < 4.78 is 1.86. The molecule has 16 heavy (non-hydrogen) atoms. The van der Waals surface area contributed by atoms with Crippen molar-refractivity contribution in [2.75, 3.05) is 26.2 Å². The summed E-state index contributed by atoms with van der Waals surface area (Å²) in [6.07, 6.45) is 1.65. The first-order valence-electron chi connectivity index (χ1n) is 5.84. The zero-order valence-corrected chi connectivity index (χ0v) is 9.88. The molecule has 0 radical (unpaired) electrons. The van der Waals surface area contributed by atoms with Crippen LogP contribution >= 0.6 is 0 Å². The Balaban J connectivity index is 3.49. The molecule has 2 unspecified atom stereocenters. The second-order valence-electron chi connectivity index (χ2n) is 4.07. The number of hydrogen-bond donors (Lipinski definition) is 4. The Morgan fingerprint density at radius 2 is 1.75 bits per heavy atom. The predicted molar refractivity (Wildman–Crippen MR) is 63.7 cm³/mol. The highest BCUT2D eigenvalue weighted by molar-refractivity contribution is 5.14. The van der Waals surface area contributed by atoms with E-state index in [1.54, 1.807) is 0 Å². The number of aliphatic hydroxyl groups excluding tert-OH is 3. The minimum atomic E-state index is -1.05. The average Bonchev–Trinajstić information content (AvgIpc) is 2.30. The van der Waals surface area contributed by atoms with E-state index < -0.39 is 18.8 Å². The number of hydrogen-bond acceptors (Lipinski definition) is 4. The number of nitrogens with zero attached hydrogens (tertiary/aromatic N) is 1. The van der Waals surface area contributed by atoms with Crippen molar-refractivity contribution < 1.29 is 19.9 Å². The van der Waals surface area contributed by atoms with Gasteiger partial charge in [0.1, 0.15) is 25.9 Å². The lowest BCUT2D eigenvalue weighted by molar-refractivity contribution is -0.522. The Morgan fingerprint density at radius 1 is 1.06 bits per heavy atom. The van der Waals surface area contributed by atoms with Gasteiger partial charge in [-0.25, -0.2) is 4.58 Å². The monoisotopic (exact) mass is 233 g/mol. The first-order chi connectivity index (χ1) is 7.61. The first kappa shape index (κ1) is 15.5. The van der Waals surface area contributed by atoms with Crippen LogP contribution in [-0.2, 0) is 0 Å². The van der Waals surface area contributed by atoms with E-state index in [0.717, 1.165) is 32.4 Å². The summed E-state index contributed by atoms with van der Waals surface area (Å²) in [6, 6.07) is 0. The maximum absolute atomic E-state index is 9.40. The van der Waals surface area contributed by atoms with Crippen molar-refractivity contribution in [2.24, 2.45) is 5.73 Å². The summed E-state index contributed by atoms with van der Waals surface area (Å²) in [5.74, 6) is 0. The van der Waals surface area contributed by atoms with Crippen LogP contribution in [0.5, 0.6) is 0 Å². The molecule has 0 fully saturated rings. The molecule has 0 aromatic carbocycles. The minimum absolute atomic E-state index is 0.408. The van der Waals surface area contributed by atoms with Crippen LogP contribution < -0.4 is 5.73 Å². The first-order valence-corrected chi connectivity index (χ1v) is 5.84. The lowest BCUT2D eigenvalue weighted by Gasteiger charge is -2.14. The molecule has 0 aliphatic carbocycles. The van der Waals surface area contributed by atoms with E-state index in [2.05, 4.69) is 6.72 Å². The van der Waals surface area contributed by atoms with Gasteiger partial charge in [0.2, 0.25) is 0 Å². The van der Waals surface area contributed by atoms with Crippen molar-refractivity contribution in [1.82, 2.24) is 0 Å². The molecule has 0 saturated carbocycles. The molecule has 0 spiro atoms. The Morgan fingerprint density at radius 3 is 2.31 bits per heavy atom. The zero-order valence-electron chi connectivity index (χ0n) is 9.88. The quantitative estimate of drug-likeness (QED) is 0.220. The highest BCUT2D eigenvalue weighted by Gasteiger charge is 2.16. The van der Waals surface area contributed by atoms with Crippen LogP contribution in [0.25, 0.3) is 0 Å². The van der Waals surface area contributed by atoms with E-state index in [0.29, 0.717) is 13.0 Å². The zero-order chi connectivity index (χ0) is 12.4. The molecule has 0 aliphatic heterocycles. The molecule has 5 N–H and O–H groups in total. The van der Waals surface area contributed by atoms with Gasteiger partial charge < -0.3 is 21.1 Å². The molecule has 0 aromatic heterocycles. The lowest BCUT2D eigenvalue weighted by Crippen LogP contribution is -2.31. The fourth-order valence-electron chi connectivity index (χ4n) is 1.40. The Hall–Kier alpha value is -0.490. The van der Waals surface area contributed by atoms with Gasteiger partial charge in [-0.2, -0.15) is 0 Å². The summed E-state index contributed by atoms with van der Waals surface area (Å²) in [6.45, 7) is 5.63. The van der Waals surface area contributed by atoms with Gasteiger partial charge >= 0.3 is 0 Å². The largest absolute Gasteiger partial charge is 0.394 e. The van der Waals surface area contributed by atoms with Gasteiger partial charge in [0.25, 0.3) is 0 Å². The van der Waals surface area contributed by atoms with Crippen LogP contribution in [0.1, 0.15) is 25.7 Å². The molecule has 0 aliphatic rings. The van der Waals surface area contributed by atoms with Crippen molar-refractivity contribution in [2.45, 2.75) is 37.9 Å². The second-order valence-corrected chi connectivity index (χ2v) is 4.07. The SMILES string of the molecule is C=[N+](CCCCCN)CCC(O)C(O)CO. The van der Waals surface area contributed by atoms with Crippen molar-refractivity contribution in [3.8, 4) is 0 Å². The molecule has 0 aromatic rings. The highest BCUT2D eigenvalue weighted by Crippen LogP contribution is 2.00. The van der Waals surface area contributed by atoms with Crippen LogP contribution in [-0.4, -0.2) is 65.1 Å². The number of rotatable bonds is 10. The molecule has 5 heteroatoms. The van der Waals surface area contributed by atoms with Crippen LogP contribution in [0.3, 0.4) is 0 Å². The van der Waals surface area contributed by atoms with E-state index in [4.69, 9.17) is 15.9 Å². The van der Waals surface area contributed by atoms with Crippen LogP contribution in [0.2, 0.25) is 0 Å². The summed E-state index contributed by atoms with van der Waals surface area (Å²) in [5, 5.41) is 27.1. The third-order valence-electron chi connectivity index (χ3n) is 2.55. The molecular formula is C11H25N2O3+. The topological polar surface area (TPSA) is 89.7 Å². The van der Waals surface area contributed by atoms with Gasteiger partial charge in [0, 0.05) is 12.8 Å². The fourth-order valence-corrected chi connectivity index (χ4v) is 1.40. The maximum Gasteiger partial charge on any atom is 0.144 e. The van der Waals surface area contributed by atoms with E-state index in [1.807, 2.05) is 4.58 Å². The molecule has 5 nitrogen and oxygen atoms in total. The standard InChI is InChI=1S/C11H25N2O3/c1-13(7-4-2-3-6-12)8-5-10(15)11(16)9-14/h10-11,14-16H,1-9,12H2/q+1. The molecular weight excluding hydrogens is 208 g/mol. The van der Waals surface area contributed by atoms with Gasteiger partial charge in [-0.15, -0.1) is 0 Å². The van der Waals surface area contributed by atoms with Crippen molar-refractivity contribution >= 4 is 6.72 Å². The van der Waals surface area contributed by atoms with Gasteiger partial charge in [-0.1, -0.05) is 0 Å². The average molecular weight is 233 g/mol. The summed E-state index contributed by atoms with van der Waals surface area (Å²) >= 11 is 0. The van der Waals surface area contributed by atoms with Gasteiger partial charge in [-0.05, 0) is 19.4 Å². The van der Waals surface area contributed by atoms with Crippen molar-refractivity contribution in [1.29, 1.82) is 0 Å². The van der Waals surface area contributed by atoms with Crippen LogP contribution in [0.15, 0.2) is 0 Å². The van der Waals surface area contributed by atoms with Crippen molar-refractivity contribution in [3.05, 3.63) is 0 Å². The summed E-state index contributed by atoms with van der Waals surface area (Å²) in [7, 11) is 0. The van der Waals surface area contributed by atoms with Gasteiger partial charge in [0.15, 0.2) is 0 Å². The van der Waals surface area contributed by atoms with E-state index >= 15 is 0 Å². The number of unbranched alkanes of at least 4 members (excludes halogenated alkanes) is 2. The predicted octanol–water partition coefficient (Wildman–Crippen LogP) is -1.07. The second kappa shape index (κ2) is 9.72. The molecule has 96 valence electrons. The third-order valence-corrected chi connectivity index (χ3v) is 2.55. The lowest BCUT2D eigenvalue weighted by atomic mass is 10.1. The smallest absolute Gasteiger partial charge is 0.144 e. The number of aliphatic hydroxyl groups is 3. The molecule has 0 saturated heterocycles. The highest BCUT2D eigenvalue weighted by atomic mass is 16.4. The molecule has 0 heterocycles. The normalized spacial score (nSPS) is 14.8. The summed E-state index contributed by atoms with van der Waals surface area (Å²) in [5.41, 5.74) is 5.38. The Kier molecular flexibility index (Phi) is 9.42. The van der Waals surface area contributed by atoms with E-state index in [9.17, 15) is 5.11 Å². The number of nitrogens with two attached hydrogens (primary N) is 1. The Bertz CT molecular complexity index is 188. The van der Waals surface area contributed by atoms with Crippen LogP contribution in [0.4, 0.5) is 0 Å². The van der Waals surface area contributed by atoms with Gasteiger partial charge in [0.05, 0.1) is 12.7 Å². The maximum atomic E-state index is 9.40. The van der Waals surface area contributed by atoms with Gasteiger partial charge in [-0.3, -0.25) is 0 Å². The Labute approximate surface area is 97.2 Å². The van der Waals surface area contributed by atoms with Crippen molar-refractivity contribution in [3.63, 3.8) is 0 Å². The fraction of sp³-hybridized carbons (Fsp3) is 0.909. The molecule has 0 rings (SSSR count). The molecule has 0 amide bonds. The molecule has 0 bridgehead atoms. The minimum Gasteiger partial charge on any atom is -0.394 e.